The topological polar surface area (TPSA) is 137 Å². The molecule has 9 nitrogen and oxygen atoms in total. The lowest BCUT2D eigenvalue weighted by molar-refractivity contribution is -0.131. The number of nitrogens with zero attached hydrogens (tertiary/aromatic N) is 2. The van der Waals surface area contributed by atoms with Crippen molar-refractivity contribution in [1.82, 2.24) is 25.2 Å². The minimum atomic E-state index is -0.396. The van der Waals surface area contributed by atoms with Gasteiger partial charge in [0.25, 0.3) is 11.5 Å². The van der Waals surface area contributed by atoms with Gasteiger partial charge in [-0.05, 0) is 32.4 Å². The second kappa shape index (κ2) is 7.03. The first-order chi connectivity index (χ1) is 12.3. The van der Waals surface area contributed by atoms with E-state index in [1.165, 1.54) is 0 Å². The number of aryl methyl sites for hydroxylation is 1. The fraction of sp³-hybridized carbons (Fsp3) is 0.412. The van der Waals surface area contributed by atoms with Crippen molar-refractivity contribution in [3.8, 4) is 0 Å². The van der Waals surface area contributed by atoms with Crippen LogP contribution in [0.25, 0.3) is 0 Å². The number of carbonyl (C=O) groups excluding carboxylic acids is 2. The van der Waals surface area contributed by atoms with Gasteiger partial charge in [-0.15, -0.1) is 0 Å². The number of amides is 2. The molecular weight excluding hydrogens is 336 g/mol. The fourth-order valence-corrected chi connectivity index (χ4v) is 3.31. The Hall–Kier alpha value is -3.10. The van der Waals surface area contributed by atoms with E-state index >= 15 is 0 Å². The van der Waals surface area contributed by atoms with Crippen LogP contribution in [0.2, 0.25) is 0 Å². The molecule has 0 aromatic carbocycles. The van der Waals surface area contributed by atoms with Gasteiger partial charge in [0.05, 0.1) is 12.1 Å². The van der Waals surface area contributed by atoms with Gasteiger partial charge in [0.15, 0.2) is 0 Å². The molecule has 2 atom stereocenters. The summed E-state index contributed by atoms with van der Waals surface area (Å²) in [7, 11) is 0. The molecule has 1 saturated heterocycles. The highest BCUT2D eigenvalue weighted by Crippen LogP contribution is 2.19. The first-order valence-corrected chi connectivity index (χ1v) is 8.44. The second-order valence-corrected chi connectivity index (χ2v) is 6.58. The number of rotatable bonds is 4. The van der Waals surface area contributed by atoms with Crippen LogP contribution in [-0.4, -0.2) is 50.3 Å². The first-order valence-electron chi connectivity index (χ1n) is 8.44. The number of anilines is 1. The van der Waals surface area contributed by atoms with Crippen molar-refractivity contribution in [1.29, 1.82) is 0 Å². The summed E-state index contributed by atoms with van der Waals surface area (Å²) in [5.74, 6) is -0.337. The highest BCUT2D eigenvalue weighted by atomic mass is 16.2. The van der Waals surface area contributed by atoms with Gasteiger partial charge in [-0.1, -0.05) is 0 Å². The highest BCUT2D eigenvalue weighted by molar-refractivity contribution is 5.92. The van der Waals surface area contributed by atoms with Crippen molar-refractivity contribution in [3.05, 3.63) is 45.6 Å². The molecule has 0 saturated carbocycles. The van der Waals surface area contributed by atoms with Crippen molar-refractivity contribution in [2.24, 2.45) is 0 Å². The highest BCUT2D eigenvalue weighted by Gasteiger charge is 2.33. The lowest BCUT2D eigenvalue weighted by Crippen LogP contribution is -2.40. The molecule has 2 aromatic rings. The van der Waals surface area contributed by atoms with Crippen molar-refractivity contribution in [3.63, 3.8) is 0 Å². The largest absolute Gasteiger partial charge is 0.369 e. The third-order valence-electron chi connectivity index (χ3n) is 4.64. The average Bonchev–Trinajstić information content (AvgIpc) is 3.20. The summed E-state index contributed by atoms with van der Waals surface area (Å²) in [5.41, 5.74) is 6.35. The maximum absolute atomic E-state index is 12.7. The van der Waals surface area contributed by atoms with E-state index in [2.05, 4.69) is 20.3 Å². The van der Waals surface area contributed by atoms with Crippen LogP contribution in [0.1, 0.15) is 35.1 Å². The van der Waals surface area contributed by atoms with E-state index in [1.807, 2.05) is 6.92 Å². The third kappa shape index (κ3) is 3.61. The summed E-state index contributed by atoms with van der Waals surface area (Å²) in [6, 6.07) is 3.29. The number of hydrogen-bond acceptors (Lipinski definition) is 5. The molecule has 1 fully saturated rings. The molecular formula is C17H22N6O3. The summed E-state index contributed by atoms with van der Waals surface area (Å²) < 4.78 is 0. The minimum Gasteiger partial charge on any atom is -0.369 e. The molecule has 3 rings (SSSR count). The lowest BCUT2D eigenvalue weighted by atomic mass is 10.1. The molecule has 2 amide bonds. The zero-order valence-electron chi connectivity index (χ0n) is 14.7. The predicted molar refractivity (Wildman–Crippen MR) is 95.6 cm³/mol. The summed E-state index contributed by atoms with van der Waals surface area (Å²) in [5, 5.41) is 2.93. The number of hydrogen-bond donors (Lipinski definition) is 4. The molecule has 2 aromatic heterocycles. The van der Waals surface area contributed by atoms with Crippen LogP contribution in [-0.2, 0) is 11.2 Å². The maximum Gasteiger partial charge on any atom is 0.267 e. The van der Waals surface area contributed by atoms with Crippen LogP contribution in [0.4, 0.5) is 5.95 Å². The number of nitrogens with two attached hydrogens (primary N) is 1. The van der Waals surface area contributed by atoms with Gasteiger partial charge in [0.2, 0.25) is 11.9 Å². The van der Waals surface area contributed by atoms with Crippen molar-refractivity contribution in [2.45, 2.75) is 38.8 Å². The van der Waals surface area contributed by atoms with E-state index in [4.69, 9.17) is 5.73 Å². The number of likely N-dealkylation sites (tertiary alicyclic amines) is 1. The van der Waals surface area contributed by atoms with E-state index in [1.54, 1.807) is 30.2 Å². The number of aromatic amines is 2. The van der Waals surface area contributed by atoms with Gasteiger partial charge in [-0.3, -0.25) is 19.4 Å². The van der Waals surface area contributed by atoms with Gasteiger partial charge in [-0.2, -0.15) is 0 Å². The number of nitrogen functional groups attached to an aromatic ring is 1. The van der Waals surface area contributed by atoms with E-state index in [0.717, 1.165) is 0 Å². The molecule has 138 valence electrons. The van der Waals surface area contributed by atoms with Crippen LogP contribution in [0, 0.1) is 6.92 Å². The van der Waals surface area contributed by atoms with Crippen molar-refractivity contribution >= 4 is 17.8 Å². The Balaban J connectivity index is 1.65. The van der Waals surface area contributed by atoms with Crippen LogP contribution in [0.15, 0.2) is 23.1 Å². The number of nitrogens with one attached hydrogen (secondary N) is 3. The molecule has 9 heteroatoms. The summed E-state index contributed by atoms with van der Waals surface area (Å²) >= 11 is 0. The maximum atomic E-state index is 12.7. The SMILES string of the molecule is Cc1nc(N)[nH]c(=O)c1CC(=O)N1CC(NC(=O)c2ccc[nH]2)CC1C. The Morgan fingerprint density at radius 3 is 2.88 bits per heavy atom. The zero-order valence-corrected chi connectivity index (χ0v) is 14.7. The molecule has 0 aliphatic carbocycles. The number of aromatic nitrogens is 3. The van der Waals surface area contributed by atoms with Crippen molar-refractivity contribution < 1.29 is 9.59 Å². The average molecular weight is 358 g/mol. The van der Waals surface area contributed by atoms with Crippen molar-refractivity contribution in [2.75, 3.05) is 12.3 Å². The van der Waals surface area contributed by atoms with Gasteiger partial charge < -0.3 is 20.9 Å². The molecule has 5 N–H and O–H groups in total. The van der Waals surface area contributed by atoms with Crippen LogP contribution < -0.4 is 16.6 Å². The van der Waals surface area contributed by atoms with E-state index in [0.29, 0.717) is 29.9 Å². The molecule has 0 spiro atoms. The first kappa shape index (κ1) is 17.7. The third-order valence-corrected chi connectivity index (χ3v) is 4.64. The molecule has 1 aliphatic heterocycles. The molecule has 0 radical (unpaired) electrons. The summed E-state index contributed by atoms with van der Waals surface area (Å²) in [6.45, 7) is 3.99. The molecule has 0 bridgehead atoms. The zero-order chi connectivity index (χ0) is 18.8. The molecule has 26 heavy (non-hydrogen) atoms. The molecule has 3 heterocycles. The van der Waals surface area contributed by atoms with E-state index < -0.39 is 5.56 Å². The van der Waals surface area contributed by atoms with Gasteiger partial charge in [0, 0.05) is 30.4 Å². The number of carbonyl (C=O) groups is 2. The number of H-pyrrole nitrogens is 2. The predicted octanol–water partition coefficient (Wildman–Crippen LogP) is -0.0495. The Morgan fingerprint density at radius 2 is 2.23 bits per heavy atom. The van der Waals surface area contributed by atoms with Crippen LogP contribution in [0.3, 0.4) is 0 Å². The van der Waals surface area contributed by atoms with Gasteiger partial charge in [0.1, 0.15) is 5.69 Å². The summed E-state index contributed by atoms with van der Waals surface area (Å²) in [6.07, 6.45) is 2.30. The van der Waals surface area contributed by atoms with Crippen LogP contribution in [0.5, 0.6) is 0 Å². The molecule has 1 aliphatic rings. The van der Waals surface area contributed by atoms with E-state index in [9.17, 15) is 14.4 Å². The smallest absolute Gasteiger partial charge is 0.267 e. The molecule has 2 unspecified atom stereocenters. The van der Waals surface area contributed by atoms with Crippen LogP contribution >= 0.6 is 0 Å². The Morgan fingerprint density at radius 1 is 1.46 bits per heavy atom. The van der Waals surface area contributed by atoms with Gasteiger partial charge in [-0.25, -0.2) is 4.98 Å². The Labute approximate surface area is 150 Å². The fourth-order valence-electron chi connectivity index (χ4n) is 3.31. The minimum absolute atomic E-state index is 0.0300. The lowest BCUT2D eigenvalue weighted by Gasteiger charge is -2.21. The Bertz CT molecular complexity index is 873. The standard InChI is InChI=1S/C17H22N6O3/c1-9-6-11(21-16(26)13-4-3-5-19-13)8-23(9)14(24)7-12-10(2)20-17(18)22-15(12)25/h3-5,9,11,19H,6-8H2,1-2H3,(H,21,26)(H3,18,20,22,25). The monoisotopic (exact) mass is 358 g/mol. The Kier molecular flexibility index (Phi) is 4.79. The normalized spacial score (nSPS) is 19.5. The van der Waals surface area contributed by atoms with E-state index in [-0.39, 0.29) is 36.3 Å². The quantitative estimate of drug-likeness (QED) is 0.607. The second-order valence-electron chi connectivity index (χ2n) is 6.58. The summed E-state index contributed by atoms with van der Waals surface area (Å²) in [4.78, 5) is 47.8. The van der Waals surface area contributed by atoms with Gasteiger partial charge >= 0.3 is 0 Å².